The Morgan fingerprint density at radius 1 is 1.04 bits per heavy atom. The molecule has 4 saturated heterocycles. The lowest BCUT2D eigenvalue weighted by atomic mass is 9.95. The summed E-state index contributed by atoms with van der Waals surface area (Å²) in [6.07, 6.45) is 1.17. The number of halogens is 5. The van der Waals surface area contributed by atoms with E-state index in [1.165, 1.54) is 30.2 Å². The van der Waals surface area contributed by atoms with Gasteiger partial charge in [0, 0.05) is 44.1 Å². The van der Waals surface area contributed by atoms with Gasteiger partial charge in [-0.3, -0.25) is 9.80 Å². The van der Waals surface area contributed by atoms with Crippen molar-refractivity contribution >= 4 is 45.2 Å². The highest BCUT2D eigenvalue weighted by molar-refractivity contribution is 6.35. The third-order valence-electron chi connectivity index (χ3n) is 10.5. The fourth-order valence-corrected chi connectivity index (χ4v) is 8.63. The first kappa shape index (κ1) is 33.0. The number of carboxylic acid groups (broad SMARTS) is 1. The molecular formula is C34H33ClF4N6O5. The fourth-order valence-electron chi connectivity index (χ4n) is 8.37. The van der Waals surface area contributed by atoms with Crippen molar-refractivity contribution in [1.82, 2.24) is 24.8 Å². The number of fused-ring (bicyclic) bond motifs is 5. The number of methoxy groups -OCH3 is 1. The number of carbonyl (C=O) groups is 1. The lowest BCUT2D eigenvalue weighted by Gasteiger charge is -2.40. The maximum Gasteiger partial charge on any atom is 0.407 e. The molecular weight excluding hydrogens is 684 g/mol. The molecule has 4 aromatic rings. The predicted molar refractivity (Wildman–Crippen MR) is 175 cm³/mol. The van der Waals surface area contributed by atoms with Crippen molar-refractivity contribution in [3.63, 3.8) is 0 Å². The van der Waals surface area contributed by atoms with Crippen molar-refractivity contribution in [2.75, 3.05) is 51.6 Å². The second-order valence-electron chi connectivity index (χ2n) is 13.4. The summed E-state index contributed by atoms with van der Waals surface area (Å²) >= 11 is 6.85. The van der Waals surface area contributed by atoms with Crippen LogP contribution in [0.2, 0.25) is 5.15 Å². The second-order valence-corrected chi connectivity index (χ2v) is 13.8. The maximum absolute atomic E-state index is 17.0. The number of benzene rings is 2. The van der Waals surface area contributed by atoms with Gasteiger partial charge >= 0.3 is 12.1 Å². The van der Waals surface area contributed by atoms with Crippen LogP contribution in [0.5, 0.6) is 11.8 Å². The molecule has 0 aliphatic carbocycles. The van der Waals surface area contributed by atoms with E-state index in [0.29, 0.717) is 25.8 Å². The topological polar surface area (TPSA) is 113 Å². The Kier molecular flexibility index (Phi) is 8.26. The smallest absolute Gasteiger partial charge is 0.407 e. The van der Waals surface area contributed by atoms with Gasteiger partial charge in [-0.2, -0.15) is 9.97 Å². The van der Waals surface area contributed by atoms with Gasteiger partial charge in [0.05, 0.1) is 23.0 Å². The molecule has 1 amide bonds. The van der Waals surface area contributed by atoms with E-state index in [0.717, 1.165) is 25.5 Å². The van der Waals surface area contributed by atoms with E-state index in [9.17, 15) is 18.7 Å². The molecule has 0 unspecified atom stereocenters. The molecule has 2 bridgehead atoms. The number of alkyl halides is 1. The molecule has 4 aliphatic rings. The van der Waals surface area contributed by atoms with Crippen molar-refractivity contribution in [3.8, 4) is 23.0 Å². The Labute approximate surface area is 288 Å². The molecule has 6 heterocycles. The number of ether oxygens (including phenoxy) is 3. The van der Waals surface area contributed by atoms with Crippen LogP contribution < -0.4 is 14.4 Å². The zero-order chi connectivity index (χ0) is 34.9. The molecule has 0 radical (unpaired) electrons. The maximum atomic E-state index is 17.0. The quantitative estimate of drug-likeness (QED) is 0.129. The first-order chi connectivity index (χ1) is 24.1. The Hall–Kier alpha value is -4.21. The van der Waals surface area contributed by atoms with E-state index in [4.69, 9.17) is 25.8 Å². The number of rotatable bonds is 8. The molecule has 0 saturated carbocycles. The average Bonchev–Trinajstić information content (AvgIpc) is 3.72. The highest BCUT2D eigenvalue weighted by Gasteiger charge is 2.49. The Bertz CT molecular complexity index is 2010. The lowest BCUT2D eigenvalue weighted by Crippen LogP contribution is -2.55. The number of hydrogen-bond donors (Lipinski definition) is 1. The highest BCUT2D eigenvalue weighted by Crippen LogP contribution is 2.44. The van der Waals surface area contributed by atoms with Gasteiger partial charge in [0.2, 0.25) is 0 Å². The first-order valence-corrected chi connectivity index (χ1v) is 16.8. The normalized spacial score (nSPS) is 24.8. The molecule has 16 heteroatoms. The van der Waals surface area contributed by atoms with Crippen LogP contribution in [0, 0.1) is 17.5 Å². The lowest BCUT2D eigenvalue weighted by molar-refractivity contribution is 0.0512. The largest absolute Gasteiger partial charge is 0.468 e. The number of amides is 1. The third-order valence-corrected chi connectivity index (χ3v) is 10.8. The summed E-state index contributed by atoms with van der Waals surface area (Å²) in [4.78, 5) is 30.9. The van der Waals surface area contributed by atoms with Crippen LogP contribution >= 0.6 is 11.6 Å². The fraction of sp³-hybridized carbons (Fsp3) is 0.471. The van der Waals surface area contributed by atoms with Crippen molar-refractivity contribution in [3.05, 3.63) is 46.9 Å². The van der Waals surface area contributed by atoms with Crippen LogP contribution in [0.15, 0.2) is 24.3 Å². The van der Waals surface area contributed by atoms with Gasteiger partial charge in [-0.15, -0.1) is 0 Å². The van der Waals surface area contributed by atoms with E-state index in [2.05, 4.69) is 19.9 Å². The molecule has 1 N–H and O–H groups in total. The number of anilines is 1. The van der Waals surface area contributed by atoms with E-state index in [-0.39, 0.29) is 88.5 Å². The minimum absolute atomic E-state index is 0.0523. The van der Waals surface area contributed by atoms with Gasteiger partial charge < -0.3 is 24.2 Å². The summed E-state index contributed by atoms with van der Waals surface area (Å²) in [6.45, 7) is 1.45. The summed E-state index contributed by atoms with van der Waals surface area (Å²) in [5.41, 5.74) is -1.38. The minimum Gasteiger partial charge on any atom is -0.468 e. The van der Waals surface area contributed by atoms with E-state index in [1.807, 2.05) is 4.90 Å². The van der Waals surface area contributed by atoms with Crippen LogP contribution in [0.25, 0.3) is 32.9 Å². The van der Waals surface area contributed by atoms with Crippen molar-refractivity contribution < 1.29 is 41.7 Å². The molecule has 264 valence electrons. The summed E-state index contributed by atoms with van der Waals surface area (Å²) in [7, 11) is 1.41. The number of nitrogens with zero attached hydrogens (tertiary/aromatic N) is 6. The molecule has 11 nitrogen and oxygen atoms in total. The Morgan fingerprint density at radius 3 is 2.56 bits per heavy atom. The molecule has 0 spiro atoms. The molecule has 2 aromatic carbocycles. The second kappa shape index (κ2) is 12.5. The van der Waals surface area contributed by atoms with E-state index >= 15 is 8.78 Å². The Morgan fingerprint density at radius 2 is 1.82 bits per heavy atom. The summed E-state index contributed by atoms with van der Waals surface area (Å²) < 4.78 is 78.4. The average molecular weight is 717 g/mol. The summed E-state index contributed by atoms with van der Waals surface area (Å²) in [5, 5.41) is 9.65. The predicted octanol–water partition coefficient (Wildman–Crippen LogP) is 6.18. The standard InChI is InChI=1S/C34H33ClF4N6O5/c1-48-16-50-21-9-17-3-6-23(37)26(38)24(17)22(10-21)28-27(39)29-25(30(35)40-28)31(43-13-19-4-5-20(14-43)45(19)33(46)47)42-32(41-29)49-15-34-7-2-8-44(34)12-18(36)11-34/h3,6,9-10,18-20H,2,4-5,7-8,11-16H2,1H3,(H,46,47)/t18-,19-,20+,34+/m1/s1. The molecule has 2 aromatic heterocycles. The SMILES string of the molecule is COCOc1cc(-c2nc(Cl)c3c(N4C[C@H]5CC[C@@H](C4)N5C(=O)O)nc(OC[C@@]45CCCN4C[C@H](F)C5)nc3c2F)c2c(F)c(F)ccc2c1. The van der Waals surface area contributed by atoms with Crippen molar-refractivity contribution in [2.24, 2.45) is 0 Å². The number of piperazine rings is 1. The van der Waals surface area contributed by atoms with Gasteiger partial charge in [0.25, 0.3) is 0 Å². The summed E-state index contributed by atoms with van der Waals surface area (Å²) in [6, 6.07) is 4.24. The first-order valence-electron chi connectivity index (χ1n) is 16.5. The molecule has 4 atom stereocenters. The van der Waals surface area contributed by atoms with E-state index < -0.39 is 40.9 Å². The third kappa shape index (κ3) is 5.41. The van der Waals surface area contributed by atoms with Crippen LogP contribution in [-0.4, -0.2) is 106 Å². The number of pyridine rings is 1. The van der Waals surface area contributed by atoms with Gasteiger partial charge in [-0.25, -0.2) is 27.3 Å². The molecule has 4 fully saturated rings. The van der Waals surface area contributed by atoms with Gasteiger partial charge in [-0.1, -0.05) is 17.7 Å². The van der Waals surface area contributed by atoms with E-state index in [1.54, 1.807) is 0 Å². The van der Waals surface area contributed by atoms with Gasteiger partial charge in [0.15, 0.2) is 24.2 Å². The Balaban J connectivity index is 1.29. The zero-order valence-electron chi connectivity index (χ0n) is 27.0. The van der Waals surface area contributed by atoms with Crippen LogP contribution in [-0.2, 0) is 4.74 Å². The molecule has 50 heavy (non-hydrogen) atoms. The highest BCUT2D eigenvalue weighted by atomic mass is 35.5. The minimum atomic E-state index is -1.21. The van der Waals surface area contributed by atoms with Gasteiger partial charge in [-0.05, 0) is 55.8 Å². The molecule has 8 rings (SSSR count). The van der Waals surface area contributed by atoms with Crippen LogP contribution in [0.1, 0.15) is 32.1 Å². The molecule has 4 aliphatic heterocycles. The number of aromatic nitrogens is 3. The zero-order valence-corrected chi connectivity index (χ0v) is 27.7. The summed E-state index contributed by atoms with van der Waals surface area (Å²) in [5.74, 6) is -2.97. The van der Waals surface area contributed by atoms with Crippen molar-refractivity contribution in [2.45, 2.75) is 55.9 Å². The van der Waals surface area contributed by atoms with Crippen molar-refractivity contribution in [1.29, 1.82) is 0 Å². The monoisotopic (exact) mass is 716 g/mol. The number of hydrogen-bond acceptors (Lipinski definition) is 9. The van der Waals surface area contributed by atoms with Crippen LogP contribution in [0.3, 0.4) is 0 Å². The van der Waals surface area contributed by atoms with Crippen LogP contribution in [0.4, 0.5) is 28.2 Å². The van der Waals surface area contributed by atoms with Gasteiger partial charge in [0.1, 0.15) is 40.7 Å².